The van der Waals surface area contributed by atoms with Crippen LogP contribution in [0, 0.1) is 5.82 Å². The Balaban J connectivity index is 1.57. The van der Waals surface area contributed by atoms with E-state index in [0.717, 1.165) is 29.9 Å². The third-order valence-electron chi connectivity index (χ3n) is 5.81. The lowest BCUT2D eigenvalue weighted by molar-refractivity contribution is -0.144. The number of pyridine rings is 1. The molecule has 0 bridgehead atoms. The van der Waals surface area contributed by atoms with Gasteiger partial charge in [0.05, 0.1) is 29.5 Å². The molecule has 1 aromatic carbocycles. The fourth-order valence-electron chi connectivity index (χ4n) is 4.06. The number of fused-ring (bicyclic) bond motifs is 1. The van der Waals surface area contributed by atoms with Gasteiger partial charge in [-0.15, -0.1) is 0 Å². The summed E-state index contributed by atoms with van der Waals surface area (Å²) in [6, 6.07) is 4.82. The lowest BCUT2D eigenvalue weighted by Gasteiger charge is -2.30. The second kappa shape index (κ2) is 10.8. The number of aromatic nitrogens is 3. The van der Waals surface area contributed by atoms with Gasteiger partial charge in [-0.2, -0.15) is 9.40 Å². The monoisotopic (exact) mass is 600 g/mol. The number of hydrogen-bond acceptors (Lipinski definition) is 7. The highest BCUT2D eigenvalue weighted by Gasteiger charge is 2.35. The minimum Gasteiger partial charge on any atom is -0.465 e. The van der Waals surface area contributed by atoms with Crippen molar-refractivity contribution in [2.45, 2.75) is 43.7 Å². The average molecular weight is 602 g/mol. The molecule has 1 atom stereocenters. The van der Waals surface area contributed by atoms with E-state index in [9.17, 15) is 17.6 Å². The van der Waals surface area contributed by atoms with Crippen LogP contribution < -0.4 is 4.74 Å². The van der Waals surface area contributed by atoms with Gasteiger partial charge in [-0.25, -0.2) is 17.8 Å². The summed E-state index contributed by atoms with van der Waals surface area (Å²) in [4.78, 5) is 16.0. The first kappa shape index (κ1) is 26.5. The molecule has 0 radical (unpaired) electrons. The van der Waals surface area contributed by atoms with Crippen LogP contribution in [0.3, 0.4) is 0 Å². The predicted octanol–water partition coefficient (Wildman–Crippen LogP) is 4.89. The molecule has 0 amide bonds. The maximum Gasteiger partial charge on any atom is 0.327 e. The summed E-state index contributed by atoms with van der Waals surface area (Å²) in [5, 5.41) is 4.52. The molecule has 13 heteroatoms. The van der Waals surface area contributed by atoms with E-state index < -0.39 is 27.9 Å². The minimum atomic E-state index is -3.96. The zero-order valence-electron chi connectivity index (χ0n) is 19.4. The van der Waals surface area contributed by atoms with Crippen molar-refractivity contribution in [1.82, 2.24) is 19.1 Å². The number of sulfonamides is 1. The molecule has 3 aromatic rings. The number of benzene rings is 1. The number of esters is 1. The van der Waals surface area contributed by atoms with E-state index in [1.165, 1.54) is 29.6 Å². The third-order valence-corrected chi connectivity index (χ3v) is 8.45. The van der Waals surface area contributed by atoms with Gasteiger partial charge in [-0.1, -0.05) is 11.6 Å². The Morgan fingerprint density at radius 2 is 2.11 bits per heavy atom. The Kier molecular flexibility index (Phi) is 7.98. The topological polar surface area (TPSA) is 104 Å². The van der Waals surface area contributed by atoms with Gasteiger partial charge in [0.25, 0.3) is 0 Å². The number of ether oxygens (including phenoxy) is 2. The second-order valence-corrected chi connectivity index (χ2v) is 11.4. The van der Waals surface area contributed by atoms with Crippen LogP contribution in [0.1, 0.15) is 37.1 Å². The van der Waals surface area contributed by atoms with E-state index in [1.807, 2.05) is 0 Å². The molecular weight excluding hydrogens is 579 g/mol. The van der Waals surface area contributed by atoms with Crippen molar-refractivity contribution in [2.24, 2.45) is 0 Å². The van der Waals surface area contributed by atoms with Crippen molar-refractivity contribution >= 4 is 43.5 Å². The molecule has 1 unspecified atom stereocenters. The Bertz CT molecular complexity index is 1400. The molecule has 0 fully saturated rings. The zero-order chi connectivity index (χ0) is 26.0. The third kappa shape index (κ3) is 5.41. The largest absolute Gasteiger partial charge is 0.465 e. The SMILES string of the molecule is CCOC(=O)Cn1ncc2c1CCCC2N(C)S(=O)(=O)c1cnc(Oc2ccc(Cl)cc2F)c(Br)c1. The van der Waals surface area contributed by atoms with Gasteiger partial charge in [0.15, 0.2) is 11.6 Å². The van der Waals surface area contributed by atoms with Crippen LogP contribution in [0.25, 0.3) is 0 Å². The molecule has 9 nitrogen and oxygen atoms in total. The number of carbonyl (C=O) groups excluding carboxylic acids is 1. The van der Waals surface area contributed by atoms with Gasteiger partial charge in [-0.3, -0.25) is 9.48 Å². The van der Waals surface area contributed by atoms with E-state index in [0.29, 0.717) is 12.8 Å². The fourth-order valence-corrected chi connectivity index (χ4v) is 6.14. The van der Waals surface area contributed by atoms with Crippen LogP contribution >= 0.6 is 27.5 Å². The van der Waals surface area contributed by atoms with E-state index >= 15 is 0 Å². The molecule has 0 aliphatic heterocycles. The molecule has 1 aliphatic carbocycles. The molecule has 0 saturated heterocycles. The Morgan fingerprint density at radius 3 is 2.81 bits per heavy atom. The summed E-state index contributed by atoms with van der Waals surface area (Å²) in [5.41, 5.74) is 1.57. The Labute approximate surface area is 221 Å². The summed E-state index contributed by atoms with van der Waals surface area (Å²) in [6.45, 7) is 1.97. The quantitative estimate of drug-likeness (QED) is 0.339. The van der Waals surface area contributed by atoms with E-state index in [4.69, 9.17) is 21.1 Å². The van der Waals surface area contributed by atoms with Crippen molar-refractivity contribution < 1.29 is 27.1 Å². The van der Waals surface area contributed by atoms with Crippen LogP contribution in [0.5, 0.6) is 11.6 Å². The zero-order valence-corrected chi connectivity index (χ0v) is 22.6. The highest BCUT2D eigenvalue weighted by molar-refractivity contribution is 9.10. The number of hydrogen-bond donors (Lipinski definition) is 0. The van der Waals surface area contributed by atoms with Gasteiger partial charge in [0, 0.05) is 23.3 Å². The summed E-state index contributed by atoms with van der Waals surface area (Å²) >= 11 is 9.04. The van der Waals surface area contributed by atoms with Crippen molar-refractivity contribution in [2.75, 3.05) is 13.7 Å². The van der Waals surface area contributed by atoms with E-state index in [-0.39, 0.29) is 39.2 Å². The maximum absolute atomic E-state index is 14.1. The molecule has 36 heavy (non-hydrogen) atoms. The first-order chi connectivity index (χ1) is 17.1. The number of nitrogens with zero attached hydrogens (tertiary/aromatic N) is 4. The molecule has 2 aromatic heterocycles. The summed E-state index contributed by atoms with van der Waals surface area (Å²) in [7, 11) is -2.47. The fraction of sp³-hybridized carbons (Fsp3) is 0.348. The summed E-state index contributed by atoms with van der Waals surface area (Å²) in [5.74, 6) is -1.18. The number of carbonyl (C=O) groups is 1. The van der Waals surface area contributed by atoms with Crippen LogP contribution in [-0.4, -0.2) is 47.1 Å². The van der Waals surface area contributed by atoms with Crippen LogP contribution in [0.2, 0.25) is 5.02 Å². The van der Waals surface area contributed by atoms with E-state index in [1.54, 1.807) is 17.8 Å². The number of rotatable bonds is 8. The van der Waals surface area contributed by atoms with Gasteiger partial charge < -0.3 is 9.47 Å². The van der Waals surface area contributed by atoms with Crippen molar-refractivity contribution in [3.63, 3.8) is 0 Å². The lowest BCUT2D eigenvalue weighted by Crippen LogP contribution is -2.33. The molecule has 1 aliphatic rings. The van der Waals surface area contributed by atoms with Crippen molar-refractivity contribution in [3.8, 4) is 11.6 Å². The molecule has 192 valence electrons. The molecule has 0 N–H and O–H groups in total. The summed E-state index contributed by atoms with van der Waals surface area (Å²) in [6.07, 6.45) is 4.77. The molecule has 0 saturated carbocycles. The van der Waals surface area contributed by atoms with Gasteiger partial charge in [-0.05, 0) is 66.4 Å². The van der Waals surface area contributed by atoms with Crippen LogP contribution in [0.15, 0.2) is 46.0 Å². The first-order valence-corrected chi connectivity index (χ1v) is 13.7. The van der Waals surface area contributed by atoms with Crippen molar-refractivity contribution in [1.29, 1.82) is 0 Å². The Morgan fingerprint density at radius 1 is 1.33 bits per heavy atom. The minimum absolute atomic E-state index is 0.00183. The number of halogens is 3. The summed E-state index contributed by atoms with van der Waals surface area (Å²) < 4.78 is 54.6. The maximum atomic E-state index is 14.1. The highest BCUT2D eigenvalue weighted by atomic mass is 79.9. The van der Waals surface area contributed by atoms with Crippen molar-refractivity contribution in [3.05, 3.63) is 63.2 Å². The molecule has 0 spiro atoms. The molecule has 4 rings (SSSR count). The second-order valence-electron chi connectivity index (χ2n) is 8.07. The lowest BCUT2D eigenvalue weighted by atomic mass is 9.93. The normalized spacial score (nSPS) is 15.6. The average Bonchev–Trinajstić information content (AvgIpc) is 3.24. The molecule has 2 heterocycles. The van der Waals surface area contributed by atoms with Gasteiger partial charge in [0.1, 0.15) is 11.4 Å². The molecular formula is C23H23BrClFN4O5S. The van der Waals surface area contributed by atoms with E-state index in [2.05, 4.69) is 26.0 Å². The smallest absolute Gasteiger partial charge is 0.327 e. The predicted molar refractivity (Wildman–Crippen MR) is 133 cm³/mol. The van der Waals surface area contributed by atoms with Crippen LogP contribution in [0.4, 0.5) is 4.39 Å². The Hall–Kier alpha value is -2.54. The van der Waals surface area contributed by atoms with Crippen LogP contribution in [-0.2, 0) is 32.5 Å². The standard InChI is InChI=1S/C23H23BrClFN4O5S/c1-3-34-22(31)13-30-20-6-4-5-19(16(20)12-28-30)29(2)36(32,33)15-10-17(24)23(27-11-15)35-21-8-7-14(25)9-18(21)26/h7-12,19H,3-6,13H2,1-2H3. The van der Waals surface area contributed by atoms with Gasteiger partial charge in [0.2, 0.25) is 15.9 Å². The highest BCUT2D eigenvalue weighted by Crippen LogP contribution is 2.38. The first-order valence-electron chi connectivity index (χ1n) is 11.1. The van der Waals surface area contributed by atoms with Gasteiger partial charge >= 0.3 is 5.97 Å².